The lowest BCUT2D eigenvalue weighted by atomic mass is 9.80. The van der Waals surface area contributed by atoms with Gasteiger partial charge in [-0.05, 0) is 62.8 Å². The molecule has 4 rings (SSSR count). The van der Waals surface area contributed by atoms with Crippen LogP contribution in [0.15, 0.2) is 24.4 Å². The molecule has 2 aromatic rings. The average Bonchev–Trinajstić information content (AvgIpc) is 2.70. The zero-order chi connectivity index (χ0) is 22.0. The van der Waals surface area contributed by atoms with Gasteiger partial charge in [0.25, 0.3) is 0 Å². The number of hydrogen-bond donors (Lipinski definition) is 2. The SMILES string of the molecule is Cc1ncc(N2CC([C@H]3CCCN(CCO)C3)C2)nc1NC(C)c1ccc(Cl)cc1Cl. The third-order valence-corrected chi connectivity index (χ3v) is 7.15. The smallest absolute Gasteiger partial charge is 0.150 e. The summed E-state index contributed by atoms with van der Waals surface area (Å²) < 4.78 is 0. The number of halogens is 2. The summed E-state index contributed by atoms with van der Waals surface area (Å²) in [6, 6.07) is 5.54. The number of aromatic nitrogens is 2. The van der Waals surface area contributed by atoms with E-state index in [9.17, 15) is 5.11 Å². The summed E-state index contributed by atoms with van der Waals surface area (Å²) in [6.45, 7) is 9.32. The molecule has 6 nitrogen and oxygen atoms in total. The predicted octanol–water partition coefficient (Wildman–Crippen LogP) is 4.41. The predicted molar refractivity (Wildman–Crippen MR) is 127 cm³/mol. The van der Waals surface area contributed by atoms with Gasteiger partial charge in [0.05, 0.1) is 24.5 Å². The summed E-state index contributed by atoms with van der Waals surface area (Å²) in [4.78, 5) is 14.2. The van der Waals surface area contributed by atoms with Crippen molar-refractivity contribution in [2.24, 2.45) is 11.8 Å². The molecule has 8 heteroatoms. The largest absolute Gasteiger partial charge is 0.395 e. The number of aryl methyl sites for hydroxylation is 1. The Bertz CT molecular complexity index is 904. The van der Waals surface area contributed by atoms with Crippen LogP contribution in [0, 0.1) is 18.8 Å². The Morgan fingerprint density at radius 2 is 2.03 bits per heavy atom. The van der Waals surface area contributed by atoms with Crippen molar-refractivity contribution >= 4 is 34.8 Å². The molecule has 31 heavy (non-hydrogen) atoms. The number of β-amino-alcohol motifs (C(OH)–C–C–N with tert-alkyl or cyclic N) is 1. The van der Waals surface area contributed by atoms with Crippen molar-refractivity contribution in [3.8, 4) is 0 Å². The van der Waals surface area contributed by atoms with Crippen molar-refractivity contribution in [2.75, 3.05) is 49.5 Å². The van der Waals surface area contributed by atoms with Gasteiger partial charge in [-0.2, -0.15) is 0 Å². The second-order valence-electron chi connectivity index (χ2n) is 8.79. The monoisotopic (exact) mass is 463 g/mol. The van der Waals surface area contributed by atoms with Crippen LogP contribution >= 0.6 is 23.2 Å². The Morgan fingerprint density at radius 3 is 2.77 bits per heavy atom. The number of likely N-dealkylation sites (tertiary alicyclic amines) is 1. The third-order valence-electron chi connectivity index (χ3n) is 6.58. The number of anilines is 2. The van der Waals surface area contributed by atoms with E-state index in [0.29, 0.717) is 21.9 Å². The summed E-state index contributed by atoms with van der Waals surface area (Å²) in [7, 11) is 0. The lowest BCUT2D eigenvalue weighted by molar-refractivity contribution is 0.101. The van der Waals surface area contributed by atoms with Crippen molar-refractivity contribution in [1.29, 1.82) is 0 Å². The second kappa shape index (κ2) is 9.90. The van der Waals surface area contributed by atoms with Crippen LogP contribution in [0.2, 0.25) is 10.0 Å². The van der Waals surface area contributed by atoms with Crippen molar-refractivity contribution in [3.63, 3.8) is 0 Å². The van der Waals surface area contributed by atoms with Gasteiger partial charge in [0.2, 0.25) is 0 Å². The fourth-order valence-electron chi connectivity index (χ4n) is 4.68. The lowest BCUT2D eigenvalue weighted by Crippen LogP contribution is -2.54. The van der Waals surface area contributed by atoms with Crippen LogP contribution in [0.4, 0.5) is 11.6 Å². The van der Waals surface area contributed by atoms with E-state index < -0.39 is 0 Å². The van der Waals surface area contributed by atoms with E-state index in [4.69, 9.17) is 28.2 Å². The molecule has 2 aliphatic rings. The van der Waals surface area contributed by atoms with Gasteiger partial charge < -0.3 is 20.2 Å². The topological polar surface area (TPSA) is 64.5 Å². The van der Waals surface area contributed by atoms with E-state index in [-0.39, 0.29) is 12.6 Å². The van der Waals surface area contributed by atoms with E-state index in [1.165, 1.54) is 12.8 Å². The molecule has 2 fully saturated rings. The molecule has 1 aromatic heterocycles. The molecule has 3 heterocycles. The molecule has 0 spiro atoms. The number of aliphatic hydroxyl groups is 1. The van der Waals surface area contributed by atoms with E-state index >= 15 is 0 Å². The van der Waals surface area contributed by atoms with Crippen LogP contribution in [-0.2, 0) is 0 Å². The zero-order valence-corrected chi connectivity index (χ0v) is 19.7. The first-order valence-corrected chi connectivity index (χ1v) is 11.8. The van der Waals surface area contributed by atoms with Gasteiger partial charge in [0, 0.05) is 36.2 Å². The Balaban J connectivity index is 1.38. The number of piperidine rings is 1. The molecule has 0 radical (unpaired) electrons. The van der Waals surface area contributed by atoms with Crippen molar-refractivity contribution in [3.05, 3.63) is 45.7 Å². The lowest BCUT2D eigenvalue weighted by Gasteiger charge is -2.47. The molecule has 2 N–H and O–H groups in total. The van der Waals surface area contributed by atoms with Gasteiger partial charge in [-0.1, -0.05) is 29.3 Å². The molecular formula is C23H31Cl2N5O. The molecular weight excluding hydrogens is 433 g/mol. The molecule has 0 bridgehead atoms. The van der Waals surface area contributed by atoms with Gasteiger partial charge >= 0.3 is 0 Å². The van der Waals surface area contributed by atoms with Gasteiger partial charge in [0.1, 0.15) is 11.6 Å². The van der Waals surface area contributed by atoms with Crippen molar-refractivity contribution < 1.29 is 5.11 Å². The Morgan fingerprint density at radius 1 is 1.23 bits per heavy atom. The fraction of sp³-hybridized carbons (Fsp3) is 0.565. The molecule has 168 valence electrons. The third kappa shape index (κ3) is 5.25. The molecule has 0 aliphatic carbocycles. The van der Waals surface area contributed by atoms with Crippen molar-refractivity contribution in [1.82, 2.24) is 14.9 Å². The highest BCUT2D eigenvalue weighted by Crippen LogP contribution is 2.34. The van der Waals surface area contributed by atoms with E-state index in [1.54, 1.807) is 6.07 Å². The van der Waals surface area contributed by atoms with Gasteiger partial charge in [-0.15, -0.1) is 0 Å². The summed E-state index contributed by atoms with van der Waals surface area (Å²) in [5, 5.41) is 14.0. The first-order valence-electron chi connectivity index (χ1n) is 11.1. The van der Waals surface area contributed by atoms with E-state index in [2.05, 4.69) is 27.0 Å². The minimum Gasteiger partial charge on any atom is -0.395 e. The van der Waals surface area contributed by atoms with E-state index in [1.807, 2.05) is 25.3 Å². The quantitative estimate of drug-likeness (QED) is 0.633. The highest BCUT2D eigenvalue weighted by atomic mass is 35.5. The first kappa shape index (κ1) is 22.6. The first-order chi connectivity index (χ1) is 14.9. The van der Waals surface area contributed by atoms with Gasteiger partial charge in [0.15, 0.2) is 0 Å². The number of nitrogens with zero attached hydrogens (tertiary/aromatic N) is 4. The van der Waals surface area contributed by atoms with Gasteiger partial charge in [-0.25, -0.2) is 4.98 Å². The normalized spacial score (nSPS) is 21.1. The summed E-state index contributed by atoms with van der Waals surface area (Å²) in [5.74, 6) is 3.10. The highest BCUT2D eigenvalue weighted by molar-refractivity contribution is 6.35. The summed E-state index contributed by atoms with van der Waals surface area (Å²) in [6.07, 6.45) is 4.38. The second-order valence-corrected chi connectivity index (χ2v) is 9.63. The Labute approximate surface area is 194 Å². The average molecular weight is 464 g/mol. The maximum atomic E-state index is 9.23. The molecule has 0 amide bonds. The number of benzene rings is 1. The molecule has 2 aliphatic heterocycles. The standard InChI is InChI=1S/C23H31Cl2N5O/c1-15(20-6-5-19(24)10-21(20)25)27-23-16(2)26-11-22(28-23)30-13-18(14-30)17-4-3-7-29(12-17)8-9-31/h5-6,10-11,15,17-18,31H,3-4,7-9,12-14H2,1-2H3,(H,27,28)/t15?,17-/m0/s1. The van der Waals surface area contributed by atoms with Crippen LogP contribution < -0.4 is 10.2 Å². The Kier molecular flexibility index (Phi) is 7.22. The van der Waals surface area contributed by atoms with Crippen LogP contribution in [0.3, 0.4) is 0 Å². The maximum Gasteiger partial charge on any atom is 0.150 e. The van der Waals surface area contributed by atoms with Crippen LogP contribution in [0.5, 0.6) is 0 Å². The van der Waals surface area contributed by atoms with E-state index in [0.717, 1.165) is 55.6 Å². The fourth-order valence-corrected chi connectivity index (χ4v) is 5.26. The number of aliphatic hydroxyl groups excluding tert-OH is 1. The summed E-state index contributed by atoms with van der Waals surface area (Å²) >= 11 is 12.4. The minimum absolute atomic E-state index is 0.0168. The number of hydrogen-bond acceptors (Lipinski definition) is 6. The zero-order valence-electron chi connectivity index (χ0n) is 18.2. The summed E-state index contributed by atoms with van der Waals surface area (Å²) in [5.41, 5.74) is 1.84. The molecule has 1 aromatic carbocycles. The van der Waals surface area contributed by atoms with Gasteiger partial charge in [-0.3, -0.25) is 4.98 Å². The Hall–Kier alpha value is -1.60. The highest BCUT2D eigenvalue weighted by Gasteiger charge is 2.36. The molecule has 1 unspecified atom stereocenters. The number of nitrogens with one attached hydrogen (secondary N) is 1. The van der Waals surface area contributed by atoms with Crippen molar-refractivity contribution in [2.45, 2.75) is 32.7 Å². The van der Waals surface area contributed by atoms with Crippen LogP contribution in [0.1, 0.15) is 37.1 Å². The molecule has 2 saturated heterocycles. The molecule has 2 atom stereocenters. The maximum absolute atomic E-state index is 9.23. The van der Waals surface area contributed by atoms with Crippen LogP contribution in [-0.4, -0.2) is 59.3 Å². The van der Waals surface area contributed by atoms with Crippen LogP contribution in [0.25, 0.3) is 0 Å². The number of rotatable bonds is 7. The molecule has 0 saturated carbocycles. The minimum atomic E-state index is -0.0168.